The summed E-state index contributed by atoms with van der Waals surface area (Å²) in [5.74, 6) is 0.582. The molecule has 1 aliphatic heterocycles. The summed E-state index contributed by atoms with van der Waals surface area (Å²) in [5.41, 5.74) is 15.1. The van der Waals surface area contributed by atoms with Crippen LogP contribution in [0.1, 0.15) is 11.6 Å². The number of benzene rings is 1. The molecule has 6 N–H and O–H groups in total. The van der Waals surface area contributed by atoms with E-state index in [9.17, 15) is 4.79 Å². The smallest absolute Gasteiger partial charge is 0.344 e. The summed E-state index contributed by atoms with van der Waals surface area (Å²) >= 11 is 0. The van der Waals surface area contributed by atoms with Crippen LogP contribution in [0, 0.1) is 0 Å². The molecule has 0 spiro atoms. The molecule has 0 amide bonds. The predicted molar refractivity (Wildman–Crippen MR) is 104 cm³/mol. The molecule has 1 aliphatic rings. The van der Waals surface area contributed by atoms with Crippen LogP contribution in [0.3, 0.4) is 0 Å². The first-order chi connectivity index (χ1) is 13.1. The van der Waals surface area contributed by atoms with Crippen molar-refractivity contribution in [2.45, 2.75) is 6.04 Å². The molecule has 1 aromatic carbocycles. The zero-order valence-corrected chi connectivity index (χ0v) is 14.6. The molecule has 3 aromatic rings. The zero-order valence-electron chi connectivity index (χ0n) is 14.6. The Labute approximate surface area is 155 Å². The standard InChI is InChI=1S/C18H20N8O/c19-16-14(9-22-17(20)25-16)15-10-26(6-5-21-15)13-3-1-11(2-4-13)12-7-23-18(27)24-8-12/h1-4,7-9,15,21H,5-6,10H2,(H,23,24,27)(H4,19,20,22,25). The van der Waals surface area contributed by atoms with Gasteiger partial charge in [-0.2, -0.15) is 4.98 Å². The molecule has 27 heavy (non-hydrogen) atoms. The third kappa shape index (κ3) is 3.58. The molecule has 1 unspecified atom stereocenters. The summed E-state index contributed by atoms with van der Waals surface area (Å²) in [4.78, 5) is 27.9. The third-order valence-corrected chi connectivity index (χ3v) is 4.66. The van der Waals surface area contributed by atoms with Gasteiger partial charge in [0.05, 0.1) is 6.04 Å². The number of anilines is 3. The number of H-pyrrole nitrogens is 1. The van der Waals surface area contributed by atoms with E-state index in [1.807, 2.05) is 12.1 Å². The fourth-order valence-corrected chi connectivity index (χ4v) is 3.24. The van der Waals surface area contributed by atoms with Crippen molar-refractivity contribution in [2.75, 3.05) is 36.0 Å². The van der Waals surface area contributed by atoms with Crippen LogP contribution in [0.15, 0.2) is 47.7 Å². The maximum absolute atomic E-state index is 11.1. The van der Waals surface area contributed by atoms with Crippen molar-refractivity contribution in [3.8, 4) is 11.1 Å². The van der Waals surface area contributed by atoms with Crippen LogP contribution >= 0.6 is 0 Å². The molecular formula is C18H20N8O. The van der Waals surface area contributed by atoms with Gasteiger partial charge in [0, 0.05) is 55.0 Å². The van der Waals surface area contributed by atoms with E-state index >= 15 is 0 Å². The zero-order chi connectivity index (χ0) is 18.8. The third-order valence-electron chi connectivity index (χ3n) is 4.66. The van der Waals surface area contributed by atoms with E-state index in [1.54, 1.807) is 18.6 Å². The molecule has 0 bridgehead atoms. The minimum atomic E-state index is -0.354. The summed E-state index contributed by atoms with van der Waals surface area (Å²) in [6.07, 6.45) is 4.92. The van der Waals surface area contributed by atoms with Crippen LogP contribution in [0.2, 0.25) is 0 Å². The number of aromatic nitrogens is 4. The molecule has 0 radical (unpaired) electrons. The molecule has 0 saturated carbocycles. The van der Waals surface area contributed by atoms with E-state index in [0.29, 0.717) is 5.82 Å². The first-order valence-electron chi connectivity index (χ1n) is 8.61. The number of nitrogens with zero attached hydrogens (tertiary/aromatic N) is 4. The molecular weight excluding hydrogens is 344 g/mol. The van der Waals surface area contributed by atoms with Gasteiger partial charge in [-0.3, -0.25) is 0 Å². The van der Waals surface area contributed by atoms with Crippen LogP contribution in [-0.2, 0) is 0 Å². The van der Waals surface area contributed by atoms with Crippen LogP contribution in [0.4, 0.5) is 17.5 Å². The summed E-state index contributed by atoms with van der Waals surface area (Å²) < 4.78 is 0. The van der Waals surface area contributed by atoms with Gasteiger partial charge in [0.15, 0.2) is 0 Å². The number of hydrogen-bond donors (Lipinski definition) is 4. The molecule has 4 rings (SSSR count). The second-order valence-corrected chi connectivity index (χ2v) is 6.38. The van der Waals surface area contributed by atoms with Gasteiger partial charge in [-0.15, -0.1) is 0 Å². The Hall–Kier alpha value is -3.46. The molecule has 9 nitrogen and oxygen atoms in total. The van der Waals surface area contributed by atoms with E-state index in [1.165, 1.54) is 0 Å². The van der Waals surface area contributed by atoms with Crippen molar-refractivity contribution in [2.24, 2.45) is 0 Å². The Morgan fingerprint density at radius 2 is 1.89 bits per heavy atom. The highest BCUT2D eigenvalue weighted by Crippen LogP contribution is 2.27. The van der Waals surface area contributed by atoms with Gasteiger partial charge < -0.3 is 26.7 Å². The second-order valence-electron chi connectivity index (χ2n) is 6.38. The molecule has 1 saturated heterocycles. The van der Waals surface area contributed by atoms with Gasteiger partial charge >= 0.3 is 5.69 Å². The minimum absolute atomic E-state index is 0.0300. The SMILES string of the molecule is Nc1ncc(C2CN(c3ccc(-c4cnc(=O)[nH]c4)cc3)CCN2)c(N)n1. The van der Waals surface area contributed by atoms with Gasteiger partial charge in [0.25, 0.3) is 0 Å². The number of piperazine rings is 1. The van der Waals surface area contributed by atoms with E-state index in [-0.39, 0.29) is 17.7 Å². The topological polar surface area (TPSA) is 139 Å². The maximum Gasteiger partial charge on any atom is 0.344 e. The first-order valence-corrected chi connectivity index (χ1v) is 8.61. The lowest BCUT2D eigenvalue weighted by Gasteiger charge is -2.35. The predicted octanol–water partition coefficient (Wildman–Crippen LogP) is 0.542. The van der Waals surface area contributed by atoms with Crippen LogP contribution in [0.25, 0.3) is 11.1 Å². The van der Waals surface area contributed by atoms with Gasteiger partial charge in [-0.1, -0.05) is 12.1 Å². The summed E-state index contributed by atoms with van der Waals surface area (Å²) in [6, 6.07) is 8.18. The van der Waals surface area contributed by atoms with Crippen molar-refractivity contribution in [1.82, 2.24) is 25.3 Å². The molecule has 1 fully saturated rings. The van der Waals surface area contributed by atoms with Gasteiger partial charge in [-0.05, 0) is 17.7 Å². The van der Waals surface area contributed by atoms with Crippen LogP contribution in [-0.4, -0.2) is 39.6 Å². The van der Waals surface area contributed by atoms with Gasteiger partial charge in [-0.25, -0.2) is 14.8 Å². The highest BCUT2D eigenvalue weighted by Gasteiger charge is 2.23. The largest absolute Gasteiger partial charge is 0.383 e. The average molecular weight is 364 g/mol. The monoisotopic (exact) mass is 364 g/mol. The van der Waals surface area contributed by atoms with E-state index in [4.69, 9.17) is 11.5 Å². The summed E-state index contributed by atoms with van der Waals surface area (Å²) in [7, 11) is 0. The Kier molecular flexibility index (Phi) is 4.43. The number of rotatable bonds is 3. The number of aromatic amines is 1. The highest BCUT2D eigenvalue weighted by atomic mass is 16.1. The van der Waals surface area contributed by atoms with Crippen molar-refractivity contribution in [3.63, 3.8) is 0 Å². The fourth-order valence-electron chi connectivity index (χ4n) is 3.24. The Bertz CT molecular complexity index is 980. The molecule has 2 aromatic heterocycles. The molecule has 0 aliphatic carbocycles. The summed E-state index contributed by atoms with van der Waals surface area (Å²) in [5, 5.41) is 3.45. The average Bonchev–Trinajstić information content (AvgIpc) is 2.69. The van der Waals surface area contributed by atoms with Crippen LogP contribution < -0.4 is 27.4 Å². The highest BCUT2D eigenvalue weighted by molar-refractivity contribution is 5.65. The molecule has 138 valence electrons. The lowest BCUT2D eigenvalue weighted by atomic mass is 10.0. The van der Waals surface area contributed by atoms with Crippen molar-refractivity contribution in [3.05, 3.63) is 58.9 Å². The lowest BCUT2D eigenvalue weighted by Crippen LogP contribution is -2.46. The van der Waals surface area contributed by atoms with Gasteiger partial charge in [0.2, 0.25) is 5.95 Å². The van der Waals surface area contributed by atoms with E-state index in [2.05, 4.69) is 42.3 Å². The summed E-state index contributed by atoms with van der Waals surface area (Å²) in [6.45, 7) is 2.45. The molecule has 9 heteroatoms. The normalized spacial score (nSPS) is 17.0. The van der Waals surface area contributed by atoms with Gasteiger partial charge in [0.1, 0.15) is 5.82 Å². The van der Waals surface area contributed by atoms with Crippen LogP contribution in [0.5, 0.6) is 0 Å². The fraction of sp³-hybridized carbons (Fsp3) is 0.222. The Morgan fingerprint density at radius 3 is 2.59 bits per heavy atom. The lowest BCUT2D eigenvalue weighted by molar-refractivity contribution is 0.471. The van der Waals surface area contributed by atoms with Crippen molar-refractivity contribution in [1.29, 1.82) is 0 Å². The number of hydrogen-bond acceptors (Lipinski definition) is 8. The van der Waals surface area contributed by atoms with E-state index in [0.717, 1.165) is 42.0 Å². The minimum Gasteiger partial charge on any atom is -0.383 e. The first kappa shape index (κ1) is 17.0. The van der Waals surface area contributed by atoms with E-state index < -0.39 is 0 Å². The second kappa shape index (κ2) is 7.04. The quantitative estimate of drug-likeness (QED) is 0.528. The number of nitrogens with two attached hydrogens (primary N) is 2. The molecule has 3 heterocycles. The Balaban J connectivity index is 1.52. The van der Waals surface area contributed by atoms with Crippen molar-refractivity contribution < 1.29 is 0 Å². The van der Waals surface area contributed by atoms with Crippen molar-refractivity contribution >= 4 is 17.5 Å². The Morgan fingerprint density at radius 1 is 1.07 bits per heavy atom. The maximum atomic E-state index is 11.1. The molecule has 1 atom stereocenters. The number of nitrogen functional groups attached to an aromatic ring is 2. The number of nitrogens with one attached hydrogen (secondary N) is 2.